The van der Waals surface area contributed by atoms with Crippen LogP contribution < -0.4 is 26.0 Å². The second kappa shape index (κ2) is 18.0. The molecule has 3 aliphatic rings. The van der Waals surface area contributed by atoms with Gasteiger partial charge in [-0.1, -0.05) is 30.3 Å². The Morgan fingerprint density at radius 1 is 0.879 bits per heavy atom. The number of benzene rings is 3. The smallest absolute Gasteiger partial charge is 0.328 e. The van der Waals surface area contributed by atoms with Gasteiger partial charge in [-0.25, -0.2) is 9.18 Å². The molecule has 4 amide bonds. The number of halogens is 1. The van der Waals surface area contributed by atoms with Crippen molar-refractivity contribution < 1.29 is 23.5 Å². The van der Waals surface area contributed by atoms with E-state index in [1.807, 2.05) is 32.9 Å². The summed E-state index contributed by atoms with van der Waals surface area (Å²) in [6.45, 7) is 15.0. The van der Waals surface area contributed by atoms with E-state index in [0.29, 0.717) is 48.2 Å². The number of anilines is 2. The molecule has 0 unspecified atom stereocenters. The summed E-state index contributed by atoms with van der Waals surface area (Å²) in [7, 11) is 0. The standard InChI is InChI=1S/C45H54FN7O5/c1-5-52(36-13-20-58-21-14-36)41-24-35(23-38(31(41)4)43(55)47-26-39-29(2)22-30(3)48-44(39)56)33-8-6-32(7-9-33)27-50-16-18-51(19-17-50)28-34-10-11-37(25-40(34)46)53-15-12-42(54)49-45(53)57/h6-11,22-25,36H,5,12-21,26-28H2,1-4H3,(H,47,55)(H,48,56)(H,49,54,57). The van der Waals surface area contributed by atoms with E-state index >= 15 is 4.39 Å². The predicted octanol–water partition coefficient (Wildman–Crippen LogP) is 5.81. The molecule has 4 aromatic rings. The maximum Gasteiger partial charge on any atom is 0.328 e. The number of aryl methyl sites for hydroxylation is 2. The van der Waals surface area contributed by atoms with Gasteiger partial charge in [0, 0.05) is 118 Å². The number of urea groups is 1. The van der Waals surface area contributed by atoms with Crippen LogP contribution in [0.25, 0.3) is 11.1 Å². The lowest BCUT2D eigenvalue weighted by Gasteiger charge is -2.37. The molecule has 7 rings (SSSR count). The first-order valence-electron chi connectivity index (χ1n) is 20.4. The molecule has 0 bridgehead atoms. The van der Waals surface area contributed by atoms with Crippen molar-refractivity contribution in [1.29, 1.82) is 0 Å². The normalized spacial score (nSPS) is 17.0. The Morgan fingerprint density at radius 2 is 1.59 bits per heavy atom. The Balaban J connectivity index is 1.02. The largest absolute Gasteiger partial charge is 0.381 e. The zero-order chi connectivity index (χ0) is 40.9. The summed E-state index contributed by atoms with van der Waals surface area (Å²) in [6.07, 6.45) is 2.03. The maximum absolute atomic E-state index is 15.2. The van der Waals surface area contributed by atoms with Gasteiger partial charge in [0.25, 0.3) is 11.5 Å². The van der Waals surface area contributed by atoms with Crippen molar-refractivity contribution in [2.24, 2.45) is 0 Å². The molecular weight excluding hydrogens is 738 g/mol. The lowest BCUT2D eigenvalue weighted by molar-refractivity contribution is -0.120. The summed E-state index contributed by atoms with van der Waals surface area (Å²) in [5.74, 6) is -0.902. The van der Waals surface area contributed by atoms with Crippen LogP contribution in [0.3, 0.4) is 0 Å². The Bertz CT molecular complexity index is 2210. The minimum absolute atomic E-state index is 0.134. The fraction of sp³-hybridized carbons (Fsp3) is 0.422. The zero-order valence-electron chi connectivity index (χ0n) is 34.0. The van der Waals surface area contributed by atoms with Crippen molar-refractivity contribution in [2.75, 3.05) is 62.3 Å². The lowest BCUT2D eigenvalue weighted by atomic mass is 9.94. The molecular formula is C45H54FN7O5. The molecule has 0 spiro atoms. The van der Waals surface area contributed by atoms with Crippen LogP contribution in [0, 0.1) is 26.6 Å². The van der Waals surface area contributed by atoms with Crippen LogP contribution in [-0.4, -0.2) is 91.2 Å². The molecule has 0 aliphatic carbocycles. The van der Waals surface area contributed by atoms with E-state index in [1.165, 1.54) is 16.5 Å². The number of pyridine rings is 1. The van der Waals surface area contributed by atoms with Gasteiger partial charge in [-0.3, -0.25) is 34.4 Å². The number of rotatable bonds is 12. The van der Waals surface area contributed by atoms with Gasteiger partial charge >= 0.3 is 6.03 Å². The molecule has 3 N–H and O–H groups in total. The van der Waals surface area contributed by atoms with Crippen LogP contribution in [0.4, 0.5) is 20.6 Å². The monoisotopic (exact) mass is 791 g/mol. The summed E-state index contributed by atoms with van der Waals surface area (Å²) in [5.41, 5.74) is 8.69. The Hall–Kier alpha value is -5.37. The van der Waals surface area contributed by atoms with E-state index in [-0.39, 0.29) is 42.7 Å². The molecule has 4 heterocycles. The molecule has 12 nitrogen and oxygen atoms in total. The fourth-order valence-corrected chi connectivity index (χ4v) is 8.44. The van der Waals surface area contributed by atoms with Crippen LogP contribution in [0.5, 0.6) is 0 Å². The van der Waals surface area contributed by atoms with E-state index in [0.717, 1.165) is 85.7 Å². The number of carbonyl (C=O) groups excluding carboxylic acids is 3. The van der Waals surface area contributed by atoms with E-state index in [9.17, 15) is 19.2 Å². The van der Waals surface area contributed by atoms with Crippen molar-refractivity contribution in [3.63, 3.8) is 0 Å². The number of nitrogens with one attached hydrogen (secondary N) is 3. The first-order chi connectivity index (χ1) is 28.0. The third-order valence-electron chi connectivity index (χ3n) is 11.8. The Morgan fingerprint density at radius 3 is 2.24 bits per heavy atom. The summed E-state index contributed by atoms with van der Waals surface area (Å²) in [6, 6.07) is 19.3. The van der Waals surface area contributed by atoms with Crippen LogP contribution in [-0.2, 0) is 29.2 Å². The van der Waals surface area contributed by atoms with Gasteiger partial charge in [0.15, 0.2) is 0 Å². The van der Waals surface area contributed by atoms with Gasteiger partial charge in [0.1, 0.15) is 5.82 Å². The topological polar surface area (TPSA) is 130 Å². The van der Waals surface area contributed by atoms with Crippen LogP contribution in [0.1, 0.15) is 70.1 Å². The molecule has 0 saturated carbocycles. The number of nitrogens with zero attached hydrogens (tertiary/aromatic N) is 4. The fourth-order valence-electron chi connectivity index (χ4n) is 8.44. The van der Waals surface area contributed by atoms with Crippen molar-refractivity contribution in [3.05, 3.63) is 116 Å². The number of H-pyrrole nitrogens is 1. The number of imide groups is 1. The molecule has 0 radical (unpaired) electrons. The molecule has 58 heavy (non-hydrogen) atoms. The number of aromatic amines is 1. The number of piperazine rings is 1. The third-order valence-corrected chi connectivity index (χ3v) is 11.8. The molecule has 306 valence electrons. The van der Waals surface area contributed by atoms with Gasteiger partial charge < -0.3 is 19.9 Å². The third kappa shape index (κ3) is 9.33. The highest BCUT2D eigenvalue weighted by atomic mass is 19.1. The molecule has 3 fully saturated rings. The van der Waals surface area contributed by atoms with Crippen LogP contribution in [0.2, 0.25) is 0 Å². The van der Waals surface area contributed by atoms with Crippen molar-refractivity contribution >= 4 is 29.2 Å². The first kappa shape index (κ1) is 40.8. The summed E-state index contributed by atoms with van der Waals surface area (Å²) in [5, 5.41) is 5.32. The summed E-state index contributed by atoms with van der Waals surface area (Å²) in [4.78, 5) is 61.7. The molecule has 3 aliphatic heterocycles. The lowest BCUT2D eigenvalue weighted by Crippen LogP contribution is -2.49. The van der Waals surface area contributed by atoms with Crippen molar-refractivity contribution in [1.82, 2.24) is 25.4 Å². The average Bonchev–Trinajstić information content (AvgIpc) is 3.20. The van der Waals surface area contributed by atoms with Gasteiger partial charge in [0.05, 0.1) is 0 Å². The molecule has 0 atom stereocenters. The SMILES string of the molecule is CCN(c1cc(-c2ccc(CN3CCN(Cc4ccc(N5CCC(=O)NC5=O)cc4F)CC3)cc2)cc(C(=O)NCc2c(C)cc(C)[nH]c2=O)c1C)C1CCOCC1. The predicted molar refractivity (Wildman–Crippen MR) is 224 cm³/mol. The van der Waals surface area contributed by atoms with E-state index < -0.39 is 6.03 Å². The van der Waals surface area contributed by atoms with E-state index in [1.54, 1.807) is 12.1 Å². The first-order valence-corrected chi connectivity index (χ1v) is 20.4. The van der Waals surface area contributed by atoms with Crippen LogP contribution >= 0.6 is 0 Å². The molecule has 3 aromatic carbocycles. The summed E-state index contributed by atoms with van der Waals surface area (Å²) < 4.78 is 20.8. The minimum Gasteiger partial charge on any atom is -0.381 e. The highest BCUT2D eigenvalue weighted by Gasteiger charge is 2.27. The number of carbonyl (C=O) groups is 3. The molecule has 1 aromatic heterocycles. The van der Waals surface area contributed by atoms with Crippen molar-refractivity contribution in [3.8, 4) is 11.1 Å². The van der Waals surface area contributed by atoms with E-state index in [4.69, 9.17) is 4.74 Å². The number of aromatic nitrogens is 1. The van der Waals surface area contributed by atoms with Gasteiger partial charge in [-0.05, 0) is 98.7 Å². The highest BCUT2D eigenvalue weighted by molar-refractivity contribution is 6.05. The Kier molecular flexibility index (Phi) is 12.7. The highest BCUT2D eigenvalue weighted by Crippen LogP contribution is 2.34. The number of ether oxygens (including phenoxy) is 1. The maximum atomic E-state index is 15.2. The number of hydrogen-bond donors (Lipinski definition) is 3. The number of amides is 4. The summed E-state index contributed by atoms with van der Waals surface area (Å²) >= 11 is 0. The van der Waals surface area contributed by atoms with Crippen molar-refractivity contribution in [2.45, 2.75) is 72.6 Å². The molecule has 3 saturated heterocycles. The second-order valence-electron chi connectivity index (χ2n) is 15.7. The second-order valence-corrected chi connectivity index (χ2v) is 15.7. The zero-order valence-corrected chi connectivity index (χ0v) is 34.0. The van der Waals surface area contributed by atoms with E-state index in [2.05, 4.69) is 67.6 Å². The van der Waals surface area contributed by atoms with Crippen LogP contribution in [0.15, 0.2) is 65.5 Å². The van der Waals surface area contributed by atoms with Gasteiger partial charge in [-0.2, -0.15) is 0 Å². The minimum atomic E-state index is -0.526. The Labute approximate surface area is 339 Å². The number of hydrogen-bond acceptors (Lipinski definition) is 8. The average molecular weight is 792 g/mol. The van der Waals surface area contributed by atoms with Gasteiger partial charge in [-0.15, -0.1) is 0 Å². The van der Waals surface area contributed by atoms with Gasteiger partial charge in [0.2, 0.25) is 5.91 Å². The quantitative estimate of drug-likeness (QED) is 0.164. The molecule has 13 heteroatoms.